The molecule has 138 valence electrons. The lowest BCUT2D eigenvalue weighted by atomic mass is 10.0. The van der Waals surface area contributed by atoms with E-state index >= 15 is 0 Å². The quantitative estimate of drug-likeness (QED) is 0.478. The van der Waals surface area contributed by atoms with Crippen LogP contribution in [-0.2, 0) is 9.59 Å². The number of thiocarbonyl (C=S) groups is 1. The maximum atomic E-state index is 11.9. The molecule has 6 nitrogen and oxygen atoms in total. The summed E-state index contributed by atoms with van der Waals surface area (Å²) in [6.07, 6.45) is 1.10. The van der Waals surface area contributed by atoms with Crippen LogP contribution in [0.1, 0.15) is 50.7 Å². The van der Waals surface area contributed by atoms with Gasteiger partial charge in [0.15, 0.2) is 11.7 Å². The predicted molar refractivity (Wildman–Crippen MR) is 105 cm³/mol. The van der Waals surface area contributed by atoms with Crippen molar-refractivity contribution in [1.82, 2.24) is 16.2 Å². The summed E-state index contributed by atoms with van der Waals surface area (Å²) >= 11 is 8.43. The third-order valence-electron chi connectivity index (χ3n) is 3.32. The van der Waals surface area contributed by atoms with Crippen LogP contribution in [0.25, 0.3) is 0 Å². The number of hydrogen-bond acceptors (Lipinski definition) is 4. The fraction of sp³-hybridized carbons (Fsp3) is 0.471. The molecule has 0 aliphatic heterocycles. The zero-order chi connectivity index (χ0) is 19.0. The summed E-state index contributed by atoms with van der Waals surface area (Å²) < 4.78 is 6.65. The van der Waals surface area contributed by atoms with Gasteiger partial charge in [-0.05, 0) is 54.7 Å². The highest BCUT2D eigenvalue weighted by atomic mass is 79.9. The molecule has 0 saturated carbocycles. The van der Waals surface area contributed by atoms with Crippen LogP contribution in [0.4, 0.5) is 0 Å². The van der Waals surface area contributed by atoms with E-state index in [-0.39, 0.29) is 23.5 Å². The summed E-state index contributed by atoms with van der Waals surface area (Å²) in [7, 11) is 0. The first-order valence-electron chi connectivity index (χ1n) is 8.06. The van der Waals surface area contributed by atoms with Gasteiger partial charge < -0.3 is 10.1 Å². The van der Waals surface area contributed by atoms with Crippen LogP contribution < -0.4 is 20.9 Å². The minimum Gasteiger partial charge on any atom is -0.483 e. The number of halogens is 1. The maximum absolute atomic E-state index is 11.9. The minimum atomic E-state index is -0.401. The second-order valence-corrected chi connectivity index (χ2v) is 7.15. The van der Waals surface area contributed by atoms with E-state index in [1.54, 1.807) is 0 Å². The molecule has 0 saturated heterocycles. The number of benzene rings is 1. The van der Waals surface area contributed by atoms with E-state index in [9.17, 15) is 9.59 Å². The number of ether oxygens (including phenoxy) is 1. The van der Waals surface area contributed by atoms with Gasteiger partial charge in [-0.3, -0.25) is 20.4 Å². The van der Waals surface area contributed by atoms with Crippen LogP contribution in [-0.4, -0.2) is 23.5 Å². The van der Waals surface area contributed by atoms with Crippen molar-refractivity contribution in [3.63, 3.8) is 0 Å². The summed E-state index contributed by atoms with van der Waals surface area (Å²) in [5.74, 6) is 0.332. The third kappa shape index (κ3) is 7.39. The largest absolute Gasteiger partial charge is 0.483 e. The fourth-order valence-corrected chi connectivity index (χ4v) is 2.53. The molecule has 8 heteroatoms. The number of carbonyl (C=O) groups excluding carboxylic acids is 2. The molecule has 0 aliphatic carbocycles. The Morgan fingerprint density at radius 1 is 1.24 bits per heavy atom. The topological polar surface area (TPSA) is 79.5 Å². The molecule has 2 amide bonds. The number of amides is 2. The van der Waals surface area contributed by atoms with Gasteiger partial charge >= 0.3 is 0 Å². The number of carbonyl (C=O) groups is 2. The van der Waals surface area contributed by atoms with Crippen molar-refractivity contribution in [2.45, 2.75) is 46.5 Å². The smallest absolute Gasteiger partial charge is 0.276 e. The van der Waals surface area contributed by atoms with Crippen molar-refractivity contribution in [2.24, 2.45) is 0 Å². The molecule has 0 heterocycles. The lowest BCUT2D eigenvalue weighted by Gasteiger charge is -2.16. The molecular formula is C17H24BrN3O3S. The number of nitrogens with one attached hydrogen (secondary N) is 3. The van der Waals surface area contributed by atoms with Crippen LogP contribution in [0.15, 0.2) is 16.6 Å². The molecule has 3 N–H and O–H groups in total. The Kier molecular flexibility index (Phi) is 8.85. The van der Waals surface area contributed by atoms with Gasteiger partial charge in [0, 0.05) is 10.9 Å². The van der Waals surface area contributed by atoms with Gasteiger partial charge in [-0.25, -0.2) is 0 Å². The minimum absolute atomic E-state index is 0.0501. The van der Waals surface area contributed by atoms with Gasteiger partial charge in [-0.2, -0.15) is 0 Å². The van der Waals surface area contributed by atoms with Crippen molar-refractivity contribution in [3.8, 4) is 5.75 Å². The number of rotatable bonds is 6. The average molecular weight is 430 g/mol. The Morgan fingerprint density at radius 2 is 1.92 bits per heavy atom. The molecule has 0 unspecified atom stereocenters. The highest BCUT2D eigenvalue weighted by molar-refractivity contribution is 9.10. The highest BCUT2D eigenvalue weighted by Crippen LogP contribution is 2.32. The molecule has 0 bridgehead atoms. The van der Waals surface area contributed by atoms with E-state index in [0.29, 0.717) is 12.2 Å². The summed E-state index contributed by atoms with van der Waals surface area (Å²) in [5.41, 5.74) is 6.91. The lowest BCUT2D eigenvalue weighted by molar-refractivity contribution is -0.124. The van der Waals surface area contributed by atoms with Gasteiger partial charge in [0.25, 0.3) is 5.91 Å². The number of hydrogen-bond donors (Lipinski definition) is 3. The first-order chi connectivity index (χ1) is 11.7. The third-order valence-corrected chi connectivity index (χ3v) is 4.38. The fourth-order valence-electron chi connectivity index (χ4n) is 2.00. The van der Waals surface area contributed by atoms with Gasteiger partial charge in [0.2, 0.25) is 5.91 Å². The van der Waals surface area contributed by atoms with Gasteiger partial charge in [-0.1, -0.05) is 36.7 Å². The zero-order valence-corrected chi connectivity index (χ0v) is 17.3. The zero-order valence-electron chi connectivity index (χ0n) is 14.9. The molecule has 0 radical (unpaired) electrons. The van der Waals surface area contributed by atoms with Crippen LogP contribution in [0.2, 0.25) is 0 Å². The van der Waals surface area contributed by atoms with E-state index in [0.717, 1.165) is 22.0 Å². The van der Waals surface area contributed by atoms with Crippen LogP contribution >= 0.6 is 28.1 Å². The van der Waals surface area contributed by atoms with Crippen LogP contribution in [0, 0.1) is 6.92 Å². The number of hydrazine groups is 1. The summed E-state index contributed by atoms with van der Waals surface area (Å²) in [5, 5.41) is 2.52. The molecule has 0 atom stereocenters. The first kappa shape index (κ1) is 21.4. The van der Waals surface area contributed by atoms with Crippen LogP contribution in [0.5, 0.6) is 5.75 Å². The monoisotopic (exact) mass is 429 g/mol. The Labute approximate surface area is 162 Å². The molecule has 1 aromatic rings. The molecule has 25 heavy (non-hydrogen) atoms. The van der Waals surface area contributed by atoms with Gasteiger partial charge in [0.1, 0.15) is 5.75 Å². The second kappa shape index (κ2) is 10.4. The van der Waals surface area contributed by atoms with E-state index in [1.165, 1.54) is 0 Å². The Morgan fingerprint density at radius 3 is 2.52 bits per heavy atom. The van der Waals surface area contributed by atoms with Gasteiger partial charge in [-0.15, -0.1) is 0 Å². The lowest BCUT2D eigenvalue weighted by Crippen LogP contribution is -2.49. The maximum Gasteiger partial charge on any atom is 0.276 e. The van der Waals surface area contributed by atoms with Crippen molar-refractivity contribution in [1.29, 1.82) is 0 Å². The summed E-state index contributed by atoms with van der Waals surface area (Å²) in [6.45, 7) is 7.80. The molecule has 0 aliphatic rings. The first-order valence-corrected chi connectivity index (χ1v) is 9.26. The number of aryl methyl sites for hydroxylation is 1. The molecular weight excluding hydrogens is 406 g/mol. The molecule has 1 aromatic carbocycles. The average Bonchev–Trinajstić information content (AvgIpc) is 2.53. The molecule has 1 rings (SSSR count). The van der Waals surface area contributed by atoms with Crippen molar-refractivity contribution < 1.29 is 14.3 Å². The van der Waals surface area contributed by atoms with Gasteiger partial charge in [0.05, 0.1) is 0 Å². The van der Waals surface area contributed by atoms with Crippen molar-refractivity contribution in [3.05, 3.63) is 27.7 Å². The molecule has 0 fully saturated rings. The second-order valence-electron chi connectivity index (χ2n) is 5.88. The van der Waals surface area contributed by atoms with E-state index in [2.05, 4.69) is 45.9 Å². The van der Waals surface area contributed by atoms with Crippen molar-refractivity contribution >= 4 is 45.1 Å². The standard InChI is InChI=1S/C17H24BrN3O3S/c1-5-6-15(22)19-17(25)21-20-16(23)9-24-14-7-11(4)13(18)8-12(14)10(2)3/h7-8,10H,5-6,9H2,1-4H3,(H,20,23)(H2,19,21,22,25). The summed E-state index contributed by atoms with van der Waals surface area (Å²) in [6, 6.07) is 3.90. The molecule has 0 spiro atoms. The van der Waals surface area contributed by atoms with E-state index < -0.39 is 5.91 Å². The normalized spacial score (nSPS) is 10.3. The Hall–Kier alpha value is -1.67. The predicted octanol–water partition coefficient (Wildman–Crippen LogP) is 3.08. The highest BCUT2D eigenvalue weighted by Gasteiger charge is 2.13. The Balaban J connectivity index is 2.53. The molecule has 0 aromatic heterocycles. The summed E-state index contributed by atoms with van der Waals surface area (Å²) in [4.78, 5) is 23.3. The Bertz CT molecular complexity index is 650. The van der Waals surface area contributed by atoms with Crippen LogP contribution in [0.3, 0.4) is 0 Å². The van der Waals surface area contributed by atoms with E-state index in [4.69, 9.17) is 17.0 Å². The SMILES string of the molecule is CCCC(=O)NC(=S)NNC(=O)COc1cc(C)c(Br)cc1C(C)C. The van der Waals surface area contributed by atoms with E-state index in [1.807, 2.05) is 26.0 Å². The van der Waals surface area contributed by atoms with Crippen molar-refractivity contribution in [2.75, 3.05) is 6.61 Å².